The maximum absolute atomic E-state index is 13.2. The zero-order valence-electron chi connectivity index (χ0n) is 22.5. The smallest absolute Gasteiger partial charge is 0.326 e. The number of phenols is 1. The molecular formula is C26H42N6O7. The number of carboxylic acids is 1. The highest BCUT2D eigenvalue weighted by atomic mass is 16.4. The summed E-state index contributed by atoms with van der Waals surface area (Å²) in [6.45, 7) is 4.07. The van der Waals surface area contributed by atoms with E-state index >= 15 is 0 Å². The summed E-state index contributed by atoms with van der Waals surface area (Å²) >= 11 is 0. The molecule has 0 fully saturated rings. The first-order valence-corrected chi connectivity index (χ1v) is 13.0. The molecule has 13 nitrogen and oxygen atoms in total. The molecule has 0 aliphatic carbocycles. The second-order valence-corrected chi connectivity index (χ2v) is 9.92. The maximum Gasteiger partial charge on any atom is 0.326 e. The number of phenolic OH excluding ortho intramolecular Hbond substituents is 1. The summed E-state index contributed by atoms with van der Waals surface area (Å²) in [6.07, 6.45) is 1.43. The van der Waals surface area contributed by atoms with Gasteiger partial charge in [0.15, 0.2) is 0 Å². The number of hydrogen-bond donors (Lipinski definition) is 8. The average Bonchev–Trinajstić information content (AvgIpc) is 2.86. The molecule has 4 amide bonds. The van der Waals surface area contributed by atoms with Crippen LogP contribution in [0.3, 0.4) is 0 Å². The Balaban J connectivity index is 3.00. The molecule has 0 saturated heterocycles. The van der Waals surface area contributed by atoms with Crippen LogP contribution < -0.4 is 33.2 Å². The minimum Gasteiger partial charge on any atom is -0.508 e. The van der Waals surface area contributed by atoms with Crippen molar-refractivity contribution in [3.8, 4) is 5.75 Å². The second kappa shape index (κ2) is 17.0. The van der Waals surface area contributed by atoms with Crippen molar-refractivity contribution in [1.82, 2.24) is 16.0 Å². The fraction of sp³-hybridized carbons (Fsp3) is 0.577. The lowest BCUT2D eigenvalue weighted by Crippen LogP contribution is -2.57. The molecule has 0 saturated carbocycles. The molecule has 1 rings (SSSR count). The van der Waals surface area contributed by atoms with Crippen molar-refractivity contribution >= 4 is 29.6 Å². The fourth-order valence-electron chi connectivity index (χ4n) is 3.78. The first-order valence-electron chi connectivity index (χ1n) is 13.0. The predicted octanol–water partition coefficient (Wildman–Crippen LogP) is -0.758. The average molecular weight is 551 g/mol. The summed E-state index contributed by atoms with van der Waals surface area (Å²) in [5, 5.41) is 26.8. The van der Waals surface area contributed by atoms with E-state index in [4.69, 9.17) is 17.2 Å². The van der Waals surface area contributed by atoms with Crippen molar-refractivity contribution in [2.45, 2.75) is 83.0 Å². The van der Waals surface area contributed by atoms with Crippen LogP contribution in [-0.4, -0.2) is 70.5 Å². The van der Waals surface area contributed by atoms with Crippen molar-refractivity contribution in [2.24, 2.45) is 23.1 Å². The van der Waals surface area contributed by atoms with Gasteiger partial charge >= 0.3 is 5.97 Å². The maximum atomic E-state index is 13.2. The summed E-state index contributed by atoms with van der Waals surface area (Å²) in [5.41, 5.74) is 17.1. The zero-order valence-corrected chi connectivity index (χ0v) is 22.5. The van der Waals surface area contributed by atoms with Gasteiger partial charge in [0.25, 0.3) is 0 Å². The van der Waals surface area contributed by atoms with Gasteiger partial charge in [-0.3, -0.25) is 19.2 Å². The molecule has 4 unspecified atom stereocenters. The Morgan fingerprint density at radius 2 is 1.41 bits per heavy atom. The highest BCUT2D eigenvalue weighted by Gasteiger charge is 2.30. The van der Waals surface area contributed by atoms with Gasteiger partial charge in [-0.25, -0.2) is 4.79 Å². The van der Waals surface area contributed by atoms with Crippen LogP contribution >= 0.6 is 0 Å². The monoisotopic (exact) mass is 550 g/mol. The summed E-state index contributed by atoms with van der Waals surface area (Å²) in [4.78, 5) is 61.8. The molecule has 39 heavy (non-hydrogen) atoms. The van der Waals surface area contributed by atoms with Gasteiger partial charge < -0.3 is 43.4 Å². The van der Waals surface area contributed by atoms with Gasteiger partial charge in [-0.05, 0) is 62.3 Å². The molecule has 218 valence electrons. The quantitative estimate of drug-likeness (QED) is 0.107. The van der Waals surface area contributed by atoms with E-state index in [0.717, 1.165) is 0 Å². The number of primary amides is 1. The summed E-state index contributed by atoms with van der Waals surface area (Å²) in [5.74, 6) is -3.84. The Bertz CT molecular complexity index is 970. The number of carbonyl (C=O) groups is 5. The lowest BCUT2D eigenvalue weighted by Gasteiger charge is -2.26. The summed E-state index contributed by atoms with van der Waals surface area (Å²) in [7, 11) is 0. The van der Waals surface area contributed by atoms with E-state index < -0.39 is 53.8 Å². The molecule has 0 aromatic heterocycles. The molecule has 0 radical (unpaired) electrons. The van der Waals surface area contributed by atoms with E-state index in [-0.39, 0.29) is 43.8 Å². The van der Waals surface area contributed by atoms with E-state index in [2.05, 4.69) is 16.0 Å². The first kappa shape index (κ1) is 33.3. The van der Waals surface area contributed by atoms with E-state index in [1.807, 2.05) is 13.8 Å². The van der Waals surface area contributed by atoms with Gasteiger partial charge in [-0.2, -0.15) is 0 Å². The predicted molar refractivity (Wildman–Crippen MR) is 144 cm³/mol. The van der Waals surface area contributed by atoms with E-state index in [1.54, 1.807) is 12.1 Å². The Labute approximate surface area is 228 Å². The Morgan fingerprint density at radius 3 is 1.95 bits per heavy atom. The van der Waals surface area contributed by atoms with Gasteiger partial charge in [0.05, 0.1) is 6.04 Å². The van der Waals surface area contributed by atoms with Crippen molar-refractivity contribution in [3.63, 3.8) is 0 Å². The largest absolute Gasteiger partial charge is 0.508 e. The number of unbranched alkanes of at least 4 members (excludes halogenated alkanes) is 1. The highest BCUT2D eigenvalue weighted by Crippen LogP contribution is 2.13. The van der Waals surface area contributed by atoms with Crippen LogP contribution in [0.4, 0.5) is 0 Å². The van der Waals surface area contributed by atoms with Crippen LogP contribution in [0.5, 0.6) is 5.75 Å². The van der Waals surface area contributed by atoms with Gasteiger partial charge in [0, 0.05) is 12.8 Å². The van der Waals surface area contributed by atoms with Crippen LogP contribution in [0.1, 0.15) is 57.9 Å². The number of amides is 4. The normalized spacial score (nSPS) is 14.1. The number of carbonyl (C=O) groups excluding carboxylic acids is 4. The topological polar surface area (TPSA) is 240 Å². The lowest BCUT2D eigenvalue weighted by atomic mass is 10.00. The van der Waals surface area contributed by atoms with Crippen molar-refractivity contribution in [1.29, 1.82) is 0 Å². The molecule has 4 atom stereocenters. The third-order valence-electron chi connectivity index (χ3n) is 5.95. The number of carboxylic acid groups (broad SMARTS) is 1. The molecule has 0 heterocycles. The fourth-order valence-corrected chi connectivity index (χ4v) is 3.78. The van der Waals surface area contributed by atoms with Crippen molar-refractivity contribution < 1.29 is 34.2 Å². The standard InChI is InChI=1S/C26H42N6O7/c1-15(2)13-20(25(37)32-21(26(38)39)14-16-6-8-17(33)9-7-16)31-24(36)19(5-3-4-12-27)30-23(35)18(28)10-11-22(29)34/h6-9,15,18-21,33H,3-5,10-14,27-28H2,1-2H3,(H2,29,34)(H,30,35)(H,31,36)(H,32,37)(H,38,39). The van der Waals surface area contributed by atoms with Gasteiger partial charge in [-0.1, -0.05) is 26.0 Å². The van der Waals surface area contributed by atoms with Crippen LogP contribution in [0.15, 0.2) is 24.3 Å². The first-order chi connectivity index (χ1) is 18.3. The number of aliphatic carboxylic acids is 1. The SMILES string of the molecule is CC(C)CC(NC(=O)C(CCCCN)NC(=O)C(N)CCC(N)=O)C(=O)NC(Cc1ccc(O)cc1)C(=O)O. The van der Waals surface area contributed by atoms with Crippen LogP contribution in [0.2, 0.25) is 0 Å². The Morgan fingerprint density at radius 1 is 0.846 bits per heavy atom. The number of benzene rings is 1. The van der Waals surface area contributed by atoms with E-state index in [9.17, 15) is 34.2 Å². The van der Waals surface area contributed by atoms with Crippen LogP contribution in [0.25, 0.3) is 0 Å². The highest BCUT2D eigenvalue weighted by molar-refractivity contribution is 5.94. The minimum atomic E-state index is -1.28. The van der Waals surface area contributed by atoms with E-state index in [1.165, 1.54) is 12.1 Å². The Kier molecular flexibility index (Phi) is 14.5. The van der Waals surface area contributed by atoms with Crippen molar-refractivity contribution in [2.75, 3.05) is 6.54 Å². The van der Waals surface area contributed by atoms with E-state index in [0.29, 0.717) is 24.9 Å². The number of rotatable bonds is 18. The van der Waals surface area contributed by atoms with Crippen molar-refractivity contribution in [3.05, 3.63) is 29.8 Å². The molecule has 1 aromatic carbocycles. The zero-order chi connectivity index (χ0) is 29.5. The molecule has 0 spiro atoms. The third kappa shape index (κ3) is 13.1. The molecular weight excluding hydrogens is 508 g/mol. The Hall–Kier alpha value is -3.71. The molecule has 1 aromatic rings. The van der Waals surface area contributed by atoms with Gasteiger partial charge in [0.1, 0.15) is 23.9 Å². The second-order valence-electron chi connectivity index (χ2n) is 9.92. The van der Waals surface area contributed by atoms with Gasteiger partial charge in [-0.15, -0.1) is 0 Å². The molecule has 0 bridgehead atoms. The number of nitrogens with two attached hydrogens (primary N) is 3. The number of hydrogen-bond acceptors (Lipinski definition) is 8. The summed E-state index contributed by atoms with van der Waals surface area (Å²) < 4.78 is 0. The summed E-state index contributed by atoms with van der Waals surface area (Å²) in [6, 6.07) is 1.48. The molecule has 0 aliphatic rings. The number of nitrogens with one attached hydrogen (secondary N) is 3. The van der Waals surface area contributed by atoms with Crippen LogP contribution in [-0.2, 0) is 30.4 Å². The van der Waals surface area contributed by atoms with Gasteiger partial charge in [0.2, 0.25) is 23.6 Å². The molecule has 13 heteroatoms. The number of aromatic hydroxyl groups is 1. The molecule has 11 N–H and O–H groups in total. The third-order valence-corrected chi connectivity index (χ3v) is 5.95. The van der Waals surface area contributed by atoms with Crippen LogP contribution in [0, 0.1) is 5.92 Å². The molecule has 0 aliphatic heterocycles. The minimum absolute atomic E-state index is 0.00823. The lowest BCUT2D eigenvalue weighted by molar-refractivity contribution is -0.142.